The Labute approximate surface area is 55.3 Å². The second kappa shape index (κ2) is 1.64. The average Bonchev–Trinajstić information content (AvgIpc) is 1.80. The van der Waals surface area contributed by atoms with E-state index in [1.165, 1.54) is 19.4 Å². The molecule has 0 amide bonds. The molecule has 1 saturated carbocycles. The van der Waals surface area contributed by atoms with Crippen molar-refractivity contribution in [3.63, 3.8) is 0 Å². The molecule has 3 atom stereocenters. The first kappa shape index (κ1) is 5.12. The zero-order valence-electron chi connectivity index (χ0n) is 4.80. The van der Waals surface area contributed by atoms with Crippen molar-refractivity contribution in [2.45, 2.75) is 18.2 Å². The summed E-state index contributed by atoms with van der Waals surface area (Å²) in [5, 5.41) is 3.87. The Morgan fingerprint density at radius 3 is 2.50 bits per heavy atom. The molecule has 0 aromatic carbocycles. The molecule has 1 aliphatic carbocycles. The van der Waals surface area contributed by atoms with Gasteiger partial charge in [0.2, 0.25) is 0 Å². The largest absolute Gasteiger partial charge is 0.305 e. The number of rotatable bonds is 0. The van der Waals surface area contributed by atoms with E-state index in [1.54, 1.807) is 0 Å². The standard InChI is InChI=1S/C6H11NS/c8-6-5-2-1-4(5)3-7-6/h4-8H,1-3H2. The molecule has 8 heavy (non-hydrogen) atoms. The highest BCUT2D eigenvalue weighted by Gasteiger charge is 2.40. The highest BCUT2D eigenvalue weighted by molar-refractivity contribution is 7.80. The summed E-state index contributed by atoms with van der Waals surface area (Å²) in [6.07, 6.45) is 2.85. The zero-order chi connectivity index (χ0) is 5.56. The van der Waals surface area contributed by atoms with Crippen LogP contribution in [0.25, 0.3) is 0 Å². The summed E-state index contributed by atoms with van der Waals surface area (Å²) in [6, 6.07) is 0. The van der Waals surface area contributed by atoms with Gasteiger partial charge in [0.15, 0.2) is 0 Å². The molecule has 1 aliphatic heterocycles. The summed E-state index contributed by atoms with van der Waals surface area (Å²) in [4.78, 5) is 0. The molecule has 1 saturated heterocycles. The fourth-order valence-electron chi connectivity index (χ4n) is 1.69. The van der Waals surface area contributed by atoms with E-state index in [0.29, 0.717) is 5.37 Å². The summed E-state index contributed by atoms with van der Waals surface area (Å²) in [7, 11) is 0. The van der Waals surface area contributed by atoms with E-state index in [0.717, 1.165) is 11.8 Å². The molecule has 2 aliphatic rings. The smallest absolute Gasteiger partial charge is 0.0534 e. The van der Waals surface area contributed by atoms with Crippen molar-refractivity contribution in [2.75, 3.05) is 6.54 Å². The molecule has 0 aromatic rings. The molecule has 2 fully saturated rings. The first-order valence-corrected chi connectivity index (χ1v) is 3.81. The topological polar surface area (TPSA) is 12.0 Å². The Bertz CT molecular complexity index is 98.7. The Morgan fingerprint density at radius 1 is 1.38 bits per heavy atom. The van der Waals surface area contributed by atoms with Crippen LogP contribution in [0.4, 0.5) is 0 Å². The van der Waals surface area contributed by atoms with Gasteiger partial charge in [-0.05, 0) is 31.2 Å². The lowest BCUT2D eigenvalue weighted by Crippen LogP contribution is -2.27. The van der Waals surface area contributed by atoms with E-state index in [2.05, 4.69) is 17.9 Å². The molecule has 1 nitrogen and oxygen atoms in total. The van der Waals surface area contributed by atoms with Crippen LogP contribution >= 0.6 is 12.6 Å². The number of hydrogen-bond donors (Lipinski definition) is 2. The van der Waals surface area contributed by atoms with Gasteiger partial charge in [0.25, 0.3) is 0 Å². The molecule has 1 heterocycles. The number of fused-ring (bicyclic) bond motifs is 1. The van der Waals surface area contributed by atoms with Gasteiger partial charge >= 0.3 is 0 Å². The lowest BCUT2D eigenvalue weighted by molar-refractivity contribution is 0.235. The van der Waals surface area contributed by atoms with Crippen molar-refractivity contribution < 1.29 is 0 Å². The van der Waals surface area contributed by atoms with Crippen LogP contribution in [0.2, 0.25) is 0 Å². The maximum atomic E-state index is 4.39. The van der Waals surface area contributed by atoms with Gasteiger partial charge in [-0.15, -0.1) is 0 Å². The second-order valence-corrected chi connectivity index (χ2v) is 3.41. The highest BCUT2D eigenvalue weighted by atomic mass is 32.1. The Hall–Kier alpha value is 0.310. The van der Waals surface area contributed by atoms with Crippen LogP contribution in [-0.2, 0) is 0 Å². The van der Waals surface area contributed by atoms with E-state index < -0.39 is 0 Å². The molecular formula is C6H11NS. The third kappa shape index (κ3) is 0.531. The third-order valence-corrected chi connectivity index (χ3v) is 3.04. The van der Waals surface area contributed by atoms with Crippen molar-refractivity contribution in [1.82, 2.24) is 5.32 Å². The minimum absolute atomic E-state index is 0.522. The molecule has 3 unspecified atom stereocenters. The van der Waals surface area contributed by atoms with Crippen LogP contribution in [0.5, 0.6) is 0 Å². The monoisotopic (exact) mass is 129 g/mol. The van der Waals surface area contributed by atoms with E-state index in [9.17, 15) is 0 Å². The summed E-state index contributed by atoms with van der Waals surface area (Å²) in [5.74, 6) is 1.90. The quantitative estimate of drug-likeness (QED) is 0.462. The number of thiol groups is 1. The fraction of sp³-hybridized carbons (Fsp3) is 1.00. The average molecular weight is 129 g/mol. The Balaban J connectivity index is 2.05. The minimum Gasteiger partial charge on any atom is -0.305 e. The van der Waals surface area contributed by atoms with Gasteiger partial charge in [-0.3, -0.25) is 0 Å². The second-order valence-electron chi connectivity index (χ2n) is 2.85. The predicted molar refractivity (Wildman–Crippen MR) is 37.0 cm³/mol. The predicted octanol–water partition coefficient (Wildman–Crippen LogP) is 0.872. The maximum absolute atomic E-state index is 4.39. The number of nitrogens with one attached hydrogen (secondary N) is 1. The minimum atomic E-state index is 0.522. The van der Waals surface area contributed by atoms with Crippen LogP contribution in [0.1, 0.15) is 12.8 Å². The van der Waals surface area contributed by atoms with Gasteiger partial charge in [-0.25, -0.2) is 0 Å². The maximum Gasteiger partial charge on any atom is 0.0534 e. The van der Waals surface area contributed by atoms with Gasteiger partial charge in [0.1, 0.15) is 0 Å². The van der Waals surface area contributed by atoms with Crippen LogP contribution < -0.4 is 5.32 Å². The molecule has 46 valence electrons. The van der Waals surface area contributed by atoms with Gasteiger partial charge in [-0.1, -0.05) is 0 Å². The summed E-state index contributed by atoms with van der Waals surface area (Å²) in [6.45, 7) is 1.22. The van der Waals surface area contributed by atoms with Gasteiger partial charge < -0.3 is 5.32 Å². The van der Waals surface area contributed by atoms with Crippen LogP contribution in [0.15, 0.2) is 0 Å². The van der Waals surface area contributed by atoms with E-state index in [4.69, 9.17) is 0 Å². The van der Waals surface area contributed by atoms with Crippen molar-refractivity contribution >= 4 is 12.6 Å². The molecular weight excluding hydrogens is 118 g/mol. The molecule has 0 aromatic heterocycles. The van der Waals surface area contributed by atoms with Crippen molar-refractivity contribution in [3.05, 3.63) is 0 Å². The van der Waals surface area contributed by atoms with E-state index >= 15 is 0 Å². The SMILES string of the molecule is SC1NCC2CCC21. The number of hydrogen-bond acceptors (Lipinski definition) is 2. The van der Waals surface area contributed by atoms with Crippen molar-refractivity contribution in [2.24, 2.45) is 11.8 Å². The van der Waals surface area contributed by atoms with Gasteiger partial charge in [0.05, 0.1) is 5.37 Å². The molecule has 0 radical (unpaired) electrons. The molecule has 2 rings (SSSR count). The van der Waals surface area contributed by atoms with Gasteiger partial charge in [-0.2, -0.15) is 12.6 Å². The van der Waals surface area contributed by atoms with Crippen LogP contribution in [0.3, 0.4) is 0 Å². The Morgan fingerprint density at radius 2 is 2.25 bits per heavy atom. The van der Waals surface area contributed by atoms with Crippen LogP contribution in [0, 0.1) is 11.8 Å². The molecule has 0 spiro atoms. The summed E-state index contributed by atoms with van der Waals surface area (Å²) < 4.78 is 0. The fourth-order valence-corrected chi connectivity index (χ4v) is 2.19. The lowest BCUT2D eigenvalue weighted by atomic mass is 9.76. The van der Waals surface area contributed by atoms with Crippen LogP contribution in [-0.4, -0.2) is 11.9 Å². The normalized spacial score (nSPS) is 52.9. The first-order chi connectivity index (χ1) is 3.88. The van der Waals surface area contributed by atoms with E-state index in [-0.39, 0.29) is 0 Å². The first-order valence-electron chi connectivity index (χ1n) is 3.29. The summed E-state index contributed by atoms with van der Waals surface area (Å²) >= 11 is 4.39. The molecule has 2 heteroatoms. The summed E-state index contributed by atoms with van der Waals surface area (Å²) in [5.41, 5.74) is 0. The van der Waals surface area contributed by atoms with Gasteiger partial charge in [0, 0.05) is 0 Å². The van der Waals surface area contributed by atoms with E-state index in [1.807, 2.05) is 0 Å². The Kier molecular flexibility index (Phi) is 1.05. The van der Waals surface area contributed by atoms with Crippen molar-refractivity contribution in [3.8, 4) is 0 Å². The highest BCUT2D eigenvalue weighted by Crippen LogP contribution is 2.41. The molecule has 1 N–H and O–H groups in total. The zero-order valence-corrected chi connectivity index (χ0v) is 5.70. The third-order valence-electron chi connectivity index (χ3n) is 2.47. The molecule has 0 bridgehead atoms. The van der Waals surface area contributed by atoms with Crippen molar-refractivity contribution in [1.29, 1.82) is 0 Å². The lowest BCUT2D eigenvalue weighted by Gasteiger charge is -2.30.